The van der Waals surface area contributed by atoms with Crippen LogP contribution in [0.4, 0.5) is 0 Å². The van der Waals surface area contributed by atoms with E-state index in [2.05, 4.69) is 10.1 Å². The zero-order chi connectivity index (χ0) is 18.1. The molecule has 0 saturated carbocycles. The number of carbonyl (C=O) groups is 3. The molecule has 0 aliphatic carbocycles. The van der Waals surface area contributed by atoms with Crippen molar-refractivity contribution in [3.05, 3.63) is 29.8 Å². The molecule has 24 heavy (non-hydrogen) atoms. The van der Waals surface area contributed by atoms with E-state index in [-0.39, 0.29) is 5.92 Å². The number of hydrogen-bond donors (Lipinski definition) is 1. The van der Waals surface area contributed by atoms with E-state index in [1.807, 2.05) is 13.8 Å². The van der Waals surface area contributed by atoms with E-state index in [4.69, 9.17) is 9.47 Å². The van der Waals surface area contributed by atoms with E-state index in [1.165, 1.54) is 26.4 Å². The second-order valence-corrected chi connectivity index (χ2v) is 5.58. The molecule has 7 nitrogen and oxygen atoms in total. The van der Waals surface area contributed by atoms with Crippen molar-refractivity contribution >= 4 is 17.8 Å². The Kier molecular flexibility index (Phi) is 7.74. The highest BCUT2D eigenvalue weighted by molar-refractivity contribution is 5.92. The van der Waals surface area contributed by atoms with Gasteiger partial charge >= 0.3 is 11.9 Å². The van der Waals surface area contributed by atoms with Gasteiger partial charge in [0.2, 0.25) is 0 Å². The highest BCUT2D eigenvalue weighted by Crippen LogP contribution is 2.12. The fourth-order valence-corrected chi connectivity index (χ4v) is 2.01. The van der Waals surface area contributed by atoms with E-state index in [1.54, 1.807) is 12.1 Å². The summed E-state index contributed by atoms with van der Waals surface area (Å²) in [5, 5.41) is 2.51. The first-order valence-corrected chi connectivity index (χ1v) is 7.55. The second kappa shape index (κ2) is 9.54. The van der Waals surface area contributed by atoms with Crippen molar-refractivity contribution in [2.24, 2.45) is 5.92 Å². The summed E-state index contributed by atoms with van der Waals surface area (Å²) in [5.41, 5.74) is 0.301. The van der Waals surface area contributed by atoms with Crippen LogP contribution in [0.2, 0.25) is 0 Å². The zero-order valence-corrected chi connectivity index (χ0v) is 14.3. The van der Waals surface area contributed by atoms with Gasteiger partial charge < -0.3 is 19.5 Å². The number of methoxy groups -OCH3 is 2. The molecule has 1 N–H and O–H groups in total. The molecule has 0 radical (unpaired) electrons. The lowest BCUT2D eigenvalue weighted by Gasteiger charge is -2.18. The third-order valence-electron chi connectivity index (χ3n) is 3.19. The molecular formula is C17H23NO6. The first-order chi connectivity index (χ1) is 11.4. The molecule has 7 heteroatoms. The van der Waals surface area contributed by atoms with Gasteiger partial charge in [0, 0.05) is 0 Å². The molecule has 1 aromatic carbocycles. The van der Waals surface area contributed by atoms with Crippen LogP contribution in [-0.4, -0.2) is 44.7 Å². The Morgan fingerprint density at radius 1 is 1.08 bits per heavy atom. The summed E-state index contributed by atoms with van der Waals surface area (Å²) in [5.74, 6) is -0.923. The van der Waals surface area contributed by atoms with Crippen LogP contribution in [0.1, 0.15) is 30.6 Å². The summed E-state index contributed by atoms with van der Waals surface area (Å²) < 4.78 is 14.6. The zero-order valence-electron chi connectivity index (χ0n) is 14.3. The van der Waals surface area contributed by atoms with Crippen LogP contribution in [0.5, 0.6) is 5.75 Å². The molecule has 0 heterocycles. The van der Waals surface area contributed by atoms with E-state index in [0.717, 1.165) is 0 Å². The largest absolute Gasteiger partial charge is 0.497 e. The first-order valence-electron chi connectivity index (χ1n) is 7.55. The average molecular weight is 337 g/mol. The Morgan fingerprint density at radius 2 is 1.71 bits per heavy atom. The van der Waals surface area contributed by atoms with Gasteiger partial charge in [-0.2, -0.15) is 0 Å². The van der Waals surface area contributed by atoms with Crippen LogP contribution in [0.25, 0.3) is 0 Å². The molecule has 132 valence electrons. The average Bonchev–Trinajstić information content (AvgIpc) is 2.58. The molecule has 1 aromatic rings. The van der Waals surface area contributed by atoms with Crippen molar-refractivity contribution in [1.29, 1.82) is 0 Å². The molecule has 1 amide bonds. The molecular weight excluding hydrogens is 314 g/mol. The van der Waals surface area contributed by atoms with Crippen LogP contribution in [0.15, 0.2) is 24.3 Å². The smallest absolute Gasteiger partial charge is 0.338 e. The number of nitrogens with one attached hydrogen (secondary N) is 1. The molecule has 0 spiro atoms. The van der Waals surface area contributed by atoms with E-state index >= 15 is 0 Å². The topological polar surface area (TPSA) is 90.9 Å². The highest BCUT2D eigenvalue weighted by Gasteiger charge is 2.23. The van der Waals surface area contributed by atoms with Crippen molar-refractivity contribution in [3.8, 4) is 5.75 Å². The maximum Gasteiger partial charge on any atom is 0.338 e. The third kappa shape index (κ3) is 6.28. The predicted molar refractivity (Wildman–Crippen MR) is 86.7 cm³/mol. The fraction of sp³-hybridized carbons (Fsp3) is 0.471. The number of hydrogen-bond acceptors (Lipinski definition) is 6. The molecule has 0 aromatic heterocycles. The van der Waals surface area contributed by atoms with Crippen LogP contribution in [0, 0.1) is 5.92 Å². The van der Waals surface area contributed by atoms with Gasteiger partial charge in [-0.25, -0.2) is 9.59 Å². The Morgan fingerprint density at radius 3 is 2.21 bits per heavy atom. The van der Waals surface area contributed by atoms with Gasteiger partial charge in [0.15, 0.2) is 6.61 Å². The third-order valence-corrected chi connectivity index (χ3v) is 3.19. The lowest BCUT2D eigenvalue weighted by atomic mass is 10.0. The highest BCUT2D eigenvalue weighted by atomic mass is 16.5. The minimum absolute atomic E-state index is 0.191. The summed E-state index contributed by atoms with van der Waals surface area (Å²) in [6, 6.07) is 5.55. The number of esters is 2. The van der Waals surface area contributed by atoms with E-state index in [9.17, 15) is 14.4 Å². The van der Waals surface area contributed by atoms with Crippen LogP contribution < -0.4 is 10.1 Å². The number of benzene rings is 1. The number of rotatable bonds is 8. The molecule has 0 fully saturated rings. The molecule has 0 bridgehead atoms. The van der Waals surface area contributed by atoms with Gasteiger partial charge in [0.1, 0.15) is 11.8 Å². The number of amides is 1. The van der Waals surface area contributed by atoms with Crippen molar-refractivity contribution in [2.75, 3.05) is 20.8 Å². The lowest BCUT2D eigenvalue weighted by molar-refractivity contribution is -0.145. The molecule has 0 saturated heterocycles. The molecule has 0 unspecified atom stereocenters. The minimum atomic E-state index is -0.762. The summed E-state index contributed by atoms with van der Waals surface area (Å²) in [7, 11) is 2.78. The summed E-state index contributed by atoms with van der Waals surface area (Å²) in [6.07, 6.45) is 0.435. The Labute approximate surface area is 141 Å². The lowest BCUT2D eigenvalue weighted by Crippen LogP contribution is -2.44. The first kappa shape index (κ1) is 19.5. The van der Waals surface area contributed by atoms with Crippen molar-refractivity contribution in [3.63, 3.8) is 0 Å². The van der Waals surface area contributed by atoms with Crippen molar-refractivity contribution in [2.45, 2.75) is 26.3 Å². The predicted octanol–water partition coefficient (Wildman–Crippen LogP) is 1.56. The SMILES string of the molecule is COC(=O)[C@@H](CC(C)C)NC(=O)COC(=O)c1ccc(OC)cc1. The summed E-state index contributed by atoms with van der Waals surface area (Å²) in [4.78, 5) is 35.4. The van der Waals surface area contributed by atoms with Gasteiger partial charge in [-0.15, -0.1) is 0 Å². The summed E-state index contributed by atoms with van der Waals surface area (Å²) >= 11 is 0. The Hall–Kier alpha value is -2.57. The molecule has 0 aliphatic rings. The van der Waals surface area contributed by atoms with Gasteiger partial charge in [0.25, 0.3) is 5.91 Å². The van der Waals surface area contributed by atoms with Crippen LogP contribution in [-0.2, 0) is 19.1 Å². The normalized spacial score (nSPS) is 11.5. The fourth-order valence-electron chi connectivity index (χ4n) is 2.01. The number of carbonyl (C=O) groups excluding carboxylic acids is 3. The van der Waals surface area contributed by atoms with Gasteiger partial charge in [-0.1, -0.05) is 13.8 Å². The van der Waals surface area contributed by atoms with E-state index in [0.29, 0.717) is 17.7 Å². The summed E-state index contributed by atoms with van der Waals surface area (Å²) in [6.45, 7) is 3.37. The minimum Gasteiger partial charge on any atom is -0.497 e. The second-order valence-electron chi connectivity index (χ2n) is 5.58. The Balaban J connectivity index is 2.53. The van der Waals surface area contributed by atoms with Gasteiger partial charge in [-0.3, -0.25) is 4.79 Å². The standard InChI is InChI=1S/C17H23NO6/c1-11(2)9-14(17(21)23-4)18-15(19)10-24-16(20)12-5-7-13(22-3)8-6-12/h5-8,11,14H,9-10H2,1-4H3,(H,18,19)/t14-/m1/s1. The van der Waals surface area contributed by atoms with Crippen molar-refractivity contribution < 1.29 is 28.6 Å². The quantitative estimate of drug-likeness (QED) is 0.724. The molecule has 1 atom stereocenters. The van der Waals surface area contributed by atoms with Gasteiger partial charge in [0.05, 0.1) is 19.8 Å². The molecule has 0 aliphatic heterocycles. The van der Waals surface area contributed by atoms with Crippen LogP contribution in [0.3, 0.4) is 0 Å². The van der Waals surface area contributed by atoms with Gasteiger partial charge in [-0.05, 0) is 36.6 Å². The molecule has 1 rings (SSSR count). The Bertz CT molecular complexity index is 567. The maximum absolute atomic E-state index is 11.9. The van der Waals surface area contributed by atoms with Crippen LogP contribution >= 0.6 is 0 Å². The number of ether oxygens (including phenoxy) is 3. The van der Waals surface area contributed by atoms with Crippen molar-refractivity contribution in [1.82, 2.24) is 5.32 Å². The maximum atomic E-state index is 11.9. The van der Waals surface area contributed by atoms with E-state index < -0.39 is 30.5 Å². The monoisotopic (exact) mass is 337 g/mol.